The van der Waals surface area contributed by atoms with Gasteiger partial charge in [-0.2, -0.15) is 0 Å². The van der Waals surface area contributed by atoms with Crippen LogP contribution in [0.1, 0.15) is 12.5 Å². The molecule has 0 amide bonds. The second kappa shape index (κ2) is 6.04. The second-order valence-electron chi connectivity index (χ2n) is 3.63. The van der Waals surface area contributed by atoms with E-state index in [0.717, 1.165) is 6.21 Å². The number of benzene rings is 1. The minimum atomic E-state index is -1.32. The van der Waals surface area contributed by atoms with Gasteiger partial charge in [-0.05, 0) is 19.1 Å². The summed E-state index contributed by atoms with van der Waals surface area (Å²) in [6.07, 6.45) is -0.0472. The molecule has 0 saturated heterocycles. The van der Waals surface area contributed by atoms with Crippen molar-refractivity contribution in [1.82, 2.24) is 0 Å². The number of phenolic OH excluding ortho intramolecular Hbond substituents is 1. The fraction of sp³-hybridized carbons (Fsp3) is 0.273. The Bertz CT molecular complexity index is 488. The number of aliphatic hydroxyl groups is 1. The topological polar surface area (TPSA) is 90.1 Å². The Hall–Kier alpha value is -1.30. The van der Waals surface area contributed by atoms with E-state index < -0.39 is 18.1 Å². The van der Waals surface area contributed by atoms with E-state index in [0.29, 0.717) is 0 Å². The summed E-state index contributed by atoms with van der Waals surface area (Å²) < 4.78 is 0. The molecule has 5 nitrogen and oxygen atoms in total. The molecule has 1 aromatic rings. The highest BCUT2D eigenvalue weighted by Crippen LogP contribution is 2.30. The molecule has 0 saturated carbocycles. The van der Waals surface area contributed by atoms with E-state index in [4.69, 9.17) is 28.3 Å². The summed E-state index contributed by atoms with van der Waals surface area (Å²) in [5.41, 5.74) is 0.180. The summed E-state index contributed by atoms with van der Waals surface area (Å²) in [5.74, 6) is -1.52. The van der Waals surface area contributed by atoms with Crippen LogP contribution in [-0.4, -0.2) is 39.6 Å². The van der Waals surface area contributed by atoms with Gasteiger partial charge in [0.2, 0.25) is 0 Å². The first-order valence-corrected chi connectivity index (χ1v) is 5.70. The highest BCUT2D eigenvalue weighted by Gasteiger charge is 2.21. The lowest BCUT2D eigenvalue weighted by molar-refractivity contribution is -0.140. The van der Waals surface area contributed by atoms with Crippen LogP contribution in [0.15, 0.2) is 17.1 Å². The quantitative estimate of drug-likeness (QED) is 0.740. The van der Waals surface area contributed by atoms with Gasteiger partial charge in [-0.1, -0.05) is 23.2 Å². The zero-order valence-electron chi connectivity index (χ0n) is 9.34. The highest BCUT2D eigenvalue weighted by atomic mass is 35.5. The Morgan fingerprint density at radius 1 is 1.44 bits per heavy atom. The fourth-order valence-electron chi connectivity index (χ4n) is 1.24. The minimum Gasteiger partial charge on any atom is -0.506 e. The first-order chi connectivity index (χ1) is 8.32. The maximum absolute atomic E-state index is 10.8. The van der Waals surface area contributed by atoms with Crippen LogP contribution in [0.4, 0.5) is 0 Å². The van der Waals surface area contributed by atoms with Gasteiger partial charge in [0.05, 0.1) is 11.1 Å². The van der Waals surface area contributed by atoms with E-state index in [1.54, 1.807) is 0 Å². The van der Waals surface area contributed by atoms with Crippen molar-refractivity contribution >= 4 is 35.4 Å². The SMILES string of the molecule is C[C@@H](O)[C@H](N=Cc1cc(Cl)cc(Cl)c1O)C(=O)O. The molecule has 1 aromatic carbocycles. The number of aromatic hydroxyl groups is 1. The van der Waals surface area contributed by atoms with Crippen LogP contribution in [0.5, 0.6) is 5.75 Å². The number of phenols is 1. The van der Waals surface area contributed by atoms with E-state index in [2.05, 4.69) is 4.99 Å². The average Bonchev–Trinajstić information content (AvgIpc) is 2.23. The predicted octanol–water partition coefficient (Wildman–Crippen LogP) is 1.95. The molecule has 0 bridgehead atoms. The zero-order chi connectivity index (χ0) is 13.9. The second-order valence-corrected chi connectivity index (χ2v) is 4.47. The molecular formula is C11H11Cl2NO4. The normalized spacial score (nSPS) is 14.7. The molecule has 0 fully saturated rings. The average molecular weight is 292 g/mol. The lowest BCUT2D eigenvalue weighted by Crippen LogP contribution is -2.29. The van der Waals surface area contributed by atoms with Crippen molar-refractivity contribution in [3.8, 4) is 5.75 Å². The maximum atomic E-state index is 10.8. The largest absolute Gasteiger partial charge is 0.506 e. The molecule has 0 aliphatic carbocycles. The Kier molecular flexibility index (Phi) is 4.95. The lowest BCUT2D eigenvalue weighted by Gasteiger charge is -2.10. The molecule has 0 spiro atoms. The van der Waals surface area contributed by atoms with Gasteiger partial charge in [0, 0.05) is 16.8 Å². The molecule has 18 heavy (non-hydrogen) atoms. The molecule has 98 valence electrons. The van der Waals surface area contributed by atoms with E-state index in [1.807, 2.05) is 0 Å². The van der Waals surface area contributed by atoms with Crippen LogP contribution >= 0.6 is 23.2 Å². The van der Waals surface area contributed by atoms with Crippen molar-refractivity contribution in [2.45, 2.75) is 19.1 Å². The summed E-state index contributed by atoms with van der Waals surface area (Å²) in [7, 11) is 0. The van der Waals surface area contributed by atoms with E-state index in [1.165, 1.54) is 19.1 Å². The predicted molar refractivity (Wildman–Crippen MR) is 68.8 cm³/mol. The lowest BCUT2D eigenvalue weighted by atomic mass is 10.2. The monoisotopic (exact) mass is 291 g/mol. The molecule has 0 aliphatic rings. The van der Waals surface area contributed by atoms with E-state index in [9.17, 15) is 15.0 Å². The first-order valence-electron chi connectivity index (χ1n) is 4.95. The smallest absolute Gasteiger partial charge is 0.331 e. The van der Waals surface area contributed by atoms with Crippen molar-refractivity contribution in [2.24, 2.45) is 4.99 Å². The number of hydrogen-bond donors (Lipinski definition) is 3. The van der Waals surface area contributed by atoms with Gasteiger partial charge in [-0.15, -0.1) is 0 Å². The molecule has 0 aromatic heterocycles. The number of nitrogens with zero attached hydrogens (tertiary/aromatic N) is 1. The number of carboxylic acid groups (broad SMARTS) is 1. The standard InChI is InChI=1S/C11H11Cl2NO4/c1-5(15)9(11(17)18)14-4-6-2-7(12)3-8(13)10(6)16/h2-5,9,15-16H,1H3,(H,17,18)/t5-,9+/m1/s1. The van der Waals surface area contributed by atoms with Crippen LogP contribution in [0.25, 0.3) is 0 Å². The number of rotatable bonds is 4. The van der Waals surface area contributed by atoms with Crippen molar-refractivity contribution in [3.05, 3.63) is 27.7 Å². The number of aliphatic hydroxyl groups excluding tert-OH is 1. The molecule has 0 aliphatic heterocycles. The molecule has 0 unspecified atom stereocenters. The van der Waals surface area contributed by atoms with Crippen LogP contribution in [0.3, 0.4) is 0 Å². The van der Waals surface area contributed by atoms with Crippen molar-refractivity contribution in [2.75, 3.05) is 0 Å². The van der Waals surface area contributed by atoms with Gasteiger partial charge in [0.1, 0.15) is 5.75 Å². The Morgan fingerprint density at radius 3 is 2.56 bits per heavy atom. The third-order valence-electron chi connectivity index (χ3n) is 2.14. The van der Waals surface area contributed by atoms with Crippen LogP contribution in [0.2, 0.25) is 10.0 Å². The van der Waals surface area contributed by atoms with Gasteiger partial charge in [-0.25, -0.2) is 4.79 Å². The highest BCUT2D eigenvalue weighted by molar-refractivity contribution is 6.36. The summed E-state index contributed by atoms with van der Waals surface area (Å²) in [6.45, 7) is 1.31. The van der Waals surface area contributed by atoms with Gasteiger partial charge in [-0.3, -0.25) is 4.99 Å². The van der Waals surface area contributed by atoms with Gasteiger partial charge >= 0.3 is 5.97 Å². The summed E-state index contributed by atoms with van der Waals surface area (Å²) in [5, 5.41) is 28.0. The Labute approximate surface area is 113 Å². The Balaban J connectivity index is 3.06. The molecule has 0 heterocycles. The van der Waals surface area contributed by atoms with Gasteiger partial charge in [0.15, 0.2) is 6.04 Å². The number of aliphatic carboxylic acids is 1. The van der Waals surface area contributed by atoms with Crippen LogP contribution in [0, 0.1) is 0 Å². The van der Waals surface area contributed by atoms with E-state index in [-0.39, 0.29) is 21.4 Å². The number of halogens is 2. The van der Waals surface area contributed by atoms with Crippen LogP contribution in [-0.2, 0) is 4.79 Å². The number of carboxylic acids is 1. The summed E-state index contributed by atoms with van der Waals surface area (Å²) >= 11 is 11.4. The molecule has 3 N–H and O–H groups in total. The van der Waals surface area contributed by atoms with Crippen LogP contribution < -0.4 is 0 Å². The minimum absolute atomic E-state index is 0.0351. The zero-order valence-corrected chi connectivity index (χ0v) is 10.9. The van der Waals surface area contributed by atoms with Crippen molar-refractivity contribution in [3.63, 3.8) is 0 Å². The molecule has 2 atom stereocenters. The molecule has 1 rings (SSSR count). The number of carbonyl (C=O) groups is 1. The van der Waals surface area contributed by atoms with Gasteiger partial charge < -0.3 is 15.3 Å². The first kappa shape index (κ1) is 14.8. The maximum Gasteiger partial charge on any atom is 0.331 e. The summed E-state index contributed by atoms with van der Waals surface area (Å²) in [6, 6.07) is 1.41. The third-order valence-corrected chi connectivity index (χ3v) is 2.65. The van der Waals surface area contributed by atoms with E-state index >= 15 is 0 Å². The van der Waals surface area contributed by atoms with Crippen molar-refractivity contribution < 1.29 is 20.1 Å². The Morgan fingerprint density at radius 2 is 2.06 bits per heavy atom. The molecular weight excluding hydrogens is 281 g/mol. The third kappa shape index (κ3) is 3.60. The van der Waals surface area contributed by atoms with Crippen molar-refractivity contribution in [1.29, 1.82) is 0 Å². The molecule has 0 radical (unpaired) electrons. The van der Waals surface area contributed by atoms with Gasteiger partial charge in [0.25, 0.3) is 0 Å². The number of aliphatic imine (C=N–C) groups is 1. The fourth-order valence-corrected chi connectivity index (χ4v) is 1.75. The molecule has 7 heteroatoms. The number of hydrogen-bond acceptors (Lipinski definition) is 4. The summed E-state index contributed by atoms with van der Waals surface area (Å²) in [4.78, 5) is 14.5.